The van der Waals surface area contributed by atoms with Crippen LogP contribution >= 0.6 is 0 Å². The van der Waals surface area contributed by atoms with Crippen LogP contribution in [-0.4, -0.2) is 10.9 Å². The highest BCUT2D eigenvalue weighted by Crippen LogP contribution is 2.20. The monoisotopic (exact) mass is 285 g/mol. The zero-order valence-electron chi connectivity index (χ0n) is 11.2. The molecule has 1 aromatic heterocycles. The minimum absolute atomic E-state index is 0.156. The van der Waals surface area contributed by atoms with Crippen LogP contribution in [0.25, 0.3) is 11.1 Å². The molecular weight excluding hydrogens is 273 g/mol. The summed E-state index contributed by atoms with van der Waals surface area (Å²) in [6, 6.07) is 8.79. The lowest BCUT2D eigenvalue weighted by Gasteiger charge is -2.06. The number of rotatable bonds is 2. The molecule has 0 saturated heterocycles. The Morgan fingerprint density at radius 3 is 2.86 bits per heavy atom. The van der Waals surface area contributed by atoms with E-state index in [1.807, 2.05) is 0 Å². The van der Waals surface area contributed by atoms with E-state index in [2.05, 4.69) is 10.3 Å². The number of nitrogens with zero attached hydrogens (tertiary/aromatic N) is 1. The van der Waals surface area contributed by atoms with Gasteiger partial charge in [0.25, 0.3) is 5.91 Å². The fourth-order valence-corrected chi connectivity index (χ4v) is 2.07. The second kappa shape index (κ2) is 4.90. The summed E-state index contributed by atoms with van der Waals surface area (Å²) in [5, 5.41) is 2.67. The van der Waals surface area contributed by atoms with Crippen molar-refractivity contribution in [2.24, 2.45) is 0 Å². The predicted octanol–water partition coefficient (Wildman–Crippen LogP) is 3.11. The normalized spacial score (nSPS) is 10.8. The van der Waals surface area contributed by atoms with Crippen LogP contribution in [0.4, 0.5) is 15.8 Å². The molecular formula is C15H12FN3O2. The maximum Gasteiger partial charge on any atom is 0.255 e. The minimum atomic E-state index is -0.553. The van der Waals surface area contributed by atoms with Gasteiger partial charge in [0.2, 0.25) is 0 Å². The number of benzene rings is 2. The zero-order valence-corrected chi connectivity index (χ0v) is 11.2. The van der Waals surface area contributed by atoms with E-state index in [0.29, 0.717) is 22.7 Å². The number of nitrogens with two attached hydrogens (primary N) is 1. The van der Waals surface area contributed by atoms with E-state index >= 15 is 0 Å². The molecule has 21 heavy (non-hydrogen) atoms. The van der Waals surface area contributed by atoms with Gasteiger partial charge in [-0.3, -0.25) is 4.79 Å². The zero-order chi connectivity index (χ0) is 15.0. The number of aryl methyl sites for hydroxylation is 1. The van der Waals surface area contributed by atoms with Gasteiger partial charge in [-0.2, -0.15) is 0 Å². The fourth-order valence-electron chi connectivity index (χ4n) is 2.07. The average Bonchev–Trinajstić information content (AvgIpc) is 2.77. The average molecular weight is 285 g/mol. The third kappa shape index (κ3) is 2.69. The van der Waals surface area contributed by atoms with Gasteiger partial charge in [-0.05, 0) is 36.4 Å². The first kappa shape index (κ1) is 13.1. The highest BCUT2D eigenvalue weighted by atomic mass is 19.1. The van der Waals surface area contributed by atoms with Crippen LogP contribution < -0.4 is 11.1 Å². The van der Waals surface area contributed by atoms with Gasteiger partial charge in [-0.15, -0.1) is 0 Å². The molecule has 0 aliphatic rings. The van der Waals surface area contributed by atoms with Crippen molar-refractivity contribution in [3.8, 4) is 0 Å². The highest BCUT2D eigenvalue weighted by Gasteiger charge is 2.10. The summed E-state index contributed by atoms with van der Waals surface area (Å²) in [6.07, 6.45) is 0. The lowest BCUT2D eigenvalue weighted by molar-refractivity contribution is 0.102. The van der Waals surface area contributed by atoms with Crippen molar-refractivity contribution in [3.05, 3.63) is 53.7 Å². The van der Waals surface area contributed by atoms with Crippen LogP contribution in [0.15, 0.2) is 40.8 Å². The molecule has 0 unspecified atom stereocenters. The number of oxazole rings is 1. The molecule has 3 rings (SSSR count). The Balaban J connectivity index is 1.88. The quantitative estimate of drug-likeness (QED) is 0.709. The molecule has 6 heteroatoms. The van der Waals surface area contributed by atoms with Crippen LogP contribution in [0.3, 0.4) is 0 Å². The van der Waals surface area contributed by atoms with Crippen molar-refractivity contribution in [2.45, 2.75) is 6.92 Å². The number of fused-ring (bicyclic) bond motifs is 1. The molecule has 1 heterocycles. The van der Waals surface area contributed by atoms with E-state index in [1.54, 1.807) is 25.1 Å². The number of halogens is 1. The van der Waals surface area contributed by atoms with E-state index < -0.39 is 11.7 Å². The van der Waals surface area contributed by atoms with Gasteiger partial charge in [-0.1, -0.05) is 0 Å². The van der Waals surface area contributed by atoms with Gasteiger partial charge in [0.15, 0.2) is 11.5 Å². The molecule has 0 aliphatic heterocycles. The Morgan fingerprint density at radius 1 is 1.29 bits per heavy atom. The maximum atomic E-state index is 13.3. The third-order valence-electron chi connectivity index (χ3n) is 2.93. The van der Waals surface area contributed by atoms with Crippen LogP contribution in [0, 0.1) is 12.7 Å². The largest absolute Gasteiger partial charge is 0.441 e. The standard InChI is InChI=1S/C15H12FN3O2/c1-8-18-13-7-12(2-3-14(13)21-8)19-15(20)9-4-10(16)6-11(17)5-9/h2-7H,17H2,1H3,(H,19,20). The molecule has 0 aliphatic carbocycles. The SMILES string of the molecule is Cc1nc2cc(NC(=O)c3cc(N)cc(F)c3)ccc2o1. The van der Waals surface area contributed by atoms with Crippen LogP contribution in [0.1, 0.15) is 16.2 Å². The highest BCUT2D eigenvalue weighted by molar-refractivity contribution is 6.05. The Hall–Kier alpha value is -2.89. The topological polar surface area (TPSA) is 81.2 Å². The number of carbonyl (C=O) groups is 1. The predicted molar refractivity (Wildman–Crippen MR) is 77.5 cm³/mol. The van der Waals surface area contributed by atoms with Crippen molar-refractivity contribution in [1.82, 2.24) is 4.98 Å². The van der Waals surface area contributed by atoms with Gasteiger partial charge < -0.3 is 15.5 Å². The minimum Gasteiger partial charge on any atom is -0.441 e. The molecule has 3 N–H and O–H groups in total. The molecule has 0 fully saturated rings. The Bertz CT molecular complexity index is 822. The van der Waals surface area contributed by atoms with Crippen LogP contribution in [0.2, 0.25) is 0 Å². The molecule has 106 valence electrons. The van der Waals surface area contributed by atoms with Crippen molar-refractivity contribution in [1.29, 1.82) is 0 Å². The number of aromatic nitrogens is 1. The van der Waals surface area contributed by atoms with Gasteiger partial charge in [-0.25, -0.2) is 9.37 Å². The first-order valence-electron chi connectivity index (χ1n) is 6.26. The molecule has 3 aromatic rings. The van der Waals surface area contributed by atoms with E-state index in [9.17, 15) is 9.18 Å². The number of nitrogens with one attached hydrogen (secondary N) is 1. The van der Waals surface area contributed by atoms with E-state index in [4.69, 9.17) is 10.2 Å². The molecule has 0 atom stereocenters. The van der Waals surface area contributed by atoms with Crippen molar-refractivity contribution >= 4 is 28.4 Å². The molecule has 0 saturated carbocycles. The number of amides is 1. The summed E-state index contributed by atoms with van der Waals surface area (Å²) >= 11 is 0. The second-order valence-corrected chi connectivity index (χ2v) is 4.64. The fraction of sp³-hybridized carbons (Fsp3) is 0.0667. The van der Waals surface area contributed by atoms with Crippen molar-refractivity contribution < 1.29 is 13.6 Å². The summed E-state index contributed by atoms with van der Waals surface area (Å²) in [5.41, 5.74) is 7.71. The number of hydrogen-bond donors (Lipinski definition) is 2. The van der Waals surface area contributed by atoms with Crippen LogP contribution in [0.5, 0.6) is 0 Å². The van der Waals surface area contributed by atoms with Crippen LogP contribution in [-0.2, 0) is 0 Å². The Kier molecular flexibility index (Phi) is 3.06. The summed E-state index contributed by atoms with van der Waals surface area (Å²) in [6.45, 7) is 1.74. The van der Waals surface area contributed by atoms with E-state index in [-0.39, 0.29) is 11.3 Å². The molecule has 0 bridgehead atoms. The van der Waals surface area contributed by atoms with Gasteiger partial charge in [0.05, 0.1) is 0 Å². The number of carbonyl (C=O) groups excluding carboxylic acids is 1. The molecule has 5 nitrogen and oxygen atoms in total. The number of nitrogen functional groups attached to an aromatic ring is 1. The van der Waals surface area contributed by atoms with E-state index in [0.717, 1.165) is 12.1 Å². The van der Waals surface area contributed by atoms with Crippen molar-refractivity contribution in [2.75, 3.05) is 11.1 Å². The lowest BCUT2D eigenvalue weighted by Crippen LogP contribution is -2.12. The smallest absolute Gasteiger partial charge is 0.255 e. The molecule has 2 aromatic carbocycles. The van der Waals surface area contributed by atoms with E-state index in [1.165, 1.54) is 6.07 Å². The maximum absolute atomic E-state index is 13.3. The molecule has 1 amide bonds. The van der Waals surface area contributed by atoms with Gasteiger partial charge >= 0.3 is 0 Å². The number of hydrogen-bond acceptors (Lipinski definition) is 4. The first-order valence-corrected chi connectivity index (χ1v) is 6.26. The molecule has 0 radical (unpaired) electrons. The summed E-state index contributed by atoms with van der Waals surface area (Å²) in [4.78, 5) is 16.3. The Morgan fingerprint density at radius 2 is 2.10 bits per heavy atom. The first-order chi connectivity index (χ1) is 10.0. The van der Waals surface area contributed by atoms with Gasteiger partial charge in [0, 0.05) is 23.9 Å². The summed E-state index contributed by atoms with van der Waals surface area (Å²) < 4.78 is 18.6. The molecule has 0 spiro atoms. The third-order valence-corrected chi connectivity index (χ3v) is 2.93. The Labute approximate surface area is 119 Å². The van der Waals surface area contributed by atoms with Crippen molar-refractivity contribution in [3.63, 3.8) is 0 Å². The summed E-state index contributed by atoms with van der Waals surface area (Å²) in [7, 11) is 0. The second-order valence-electron chi connectivity index (χ2n) is 4.64. The van der Waals surface area contributed by atoms with Gasteiger partial charge in [0.1, 0.15) is 11.3 Å². The number of anilines is 2. The lowest BCUT2D eigenvalue weighted by atomic mass is 10.1. The summed E-state index contributed by atoms with van der Waals surface area (Å²) in [5.74, 6) is -0.449.